The highest BCUT2D eigenvalue weighted by molar-refractivity contribution is 14.1. The van der Waals surface area contributed by atoms with Gasteiger partial charge in [0.05, 0.1) is 16.9 Å². The Kier molecular flexibility index (Phi) is 8.15. The van der Waals surface area contributed by atoms with E-state index in [0.29, 0.717) is 24.8 Å². The zero-order valence-corrected chi connectivity index (χ0v) is 22.5. The van der Waals surface area contributed by atoms with Gasteiger partial charge in [0.1, 0.15) is 12.1 Å². The van der Waals surface area contributed by atoms with Gasteiger partial charge in [-0.1, -0.05) is 18.2 Å². The minimum absolute atomic E-state index is 0.347. The Balaban J connectivity index is 1.38. The maximum atomic E-state index is 12.0. The third-order valence-electron chi connectivity index (χ3n) is 5.76. The number of pyridine rings is 2. The first kappa shape index (κ1) is 25.3. The molecule has 1 aliphatic heterocycles. The molecule has 8 nitrogen and oxygen atoms in total. The van der Waals surface area contributed by atoms with Gasteiger partial charge in [-0.2, -0.15) is 5.11 Å². The predicted molar refractivity (Wildman–Crippen MR) is 146 cm³/mol. The van der Waals surface area contributed by atoms with E-state index in [4.69, 9.17) is 9.72 Å². The van der Waals surface area contributed by atoms with Crippen LogP contribution >= 0.6 is 22.6 Å². The number of nitrogens with one attached hydrogen (secondary N) is 1. The Labute approximate surface area is 219 Å². The monoisotopic (exact) mass is 586 g/mol. The van der Waals surface area contributed by atoms with Gasteiger partial charge in [-0.25, -0.2) is 14.8 Å². The maximum Gasteiger partial charge on any atom is 0.407 e. The average molecular weight is 586 g/mol. The highest BCUT2D eigenvalue weighted by Gasteiger charge is 2.23. The Hall–Kier alpha value is -2.82. The third-order valence-corrected chi connectivity index (χ3v) is 6.43. The van der Waals surface area contributed by atoms with Crippen molar-refractivity contribution in [1.82, 2.24) is 15.3 Å². The number of amides is 1. The second kappa shape index (κ2) is 11.3. The number of ether oxygens (including phenoxy) is 1. The lowest BCUT2D eigenvalue weighted by Gasteiger charge is -2.34. The highest BCUT2D eigenvalue weighted by atomic mass is 127. The van der Waals surface area contributed by atoms with Crippen LogP contribution in [-0.2, 0) is 11.3 Å². The molecule has 0 spiro atoms. The number of rotatable bonds is 6. The summed E-state index contributed by atoms with van der Waals surface area (Å²) in [6.45, 7) is 8.50. The molecule has 0 aliphatic carbocycles. The van der Waals surface area contributed by atoms with Crippen LogP contribution in [0, 0.1) is 9.49 Å². The molecule has 3 heterocycles. The second-order valence-corrected chi connectivity index (χ2v) is 10.9. The van der Waals surface area contributed by atoms with Gasteiger partial charge in [0.25, 0.3) is 0 Å². The SMILES string of the molecule is CC(C)(C)OC(=O)NCC1CCN(c2cccc3ccc(CN=Nc4cc(I)ccn4)nc23)CC1. The maximum absolute atomic E-state index is 12.0. The van der Waals surface area contributed by atoms with Crippen LogP contribution in [-0.4, -0.2) is 41.3 Å². The molecule has 0 bridgehead atoms. The van der Waals surface area contributed by atoms with E-state index in [9.17, 15) is 4.79 Å². The molecule has 1 aromatic carbocycles. The van der Waals surface area contributed by atoms with E-state index < -0.39 is 5.60 Å². The molecule has 1 N–H and O–H groups in total. The van der Waals surface area contributed by atoms with E-state index in [1.165, 1.54) is 0 Å². The normalized spacial score (nSPS) is 15.0. The number of para-hydroxylation sites is 1. The van der Waals surface area contributed by atoms with Crippen molar-refractivity contribution in [1.29, 1.82) is 0 Å². The van der Waals surface area contributed by atoms with Crippen molar-refractivity contribution >= 4 is 51.1 Å². The number of benzene rings is 1. The van der Waals surface area contributed by atoms with E-state index in [1.807, 2.05) is 39.0 Å². The summed E-state index contributed by atoms with van der Waals surface area (Å²) in [5.41, 5.74) is 2.51. The lowest BCUT2D eigenvalue weighted by atomic mass is 9.96. The van der Waals surface area contributed by atoms with E-state index in [1.54, 1.807) is 6.20 Å². The lowest BCUT2D eigenvalue weighted by molar-refractivity contribution is 0.0517. The number of nitrogens with zero attached hydrogens (tertiary/aromatic N) is 5. The Morgan fingerprint density at radius 3 is 2.74 bits per heavy atom. The number of carbonyl (C=O) groups excluding carboxylic acids is 1. The predicted octanol–water partition coefficient (Wildman–Crippen LogP) is 6.26. The van der Waals surface area contributed by atoms with Gasteiger partial charge >= 0.3 is 6.09 Å². The molecule has 0 unspecified atom stereocenters. The first-order chi connectivity index (χ1) is 16.8. The quantitative estimate of drug-likeness (QED) is 0.272. The minimum Gasteiger partial charge on any atom is -0.444 e. The number of carbonyl (C=O) groups is 1. The van der Waals surface area contributed by atoms with Crippen LogP contribution in [0.25, 0.3) is 10.9 Å². The summed E-state index contributed by atoms with van der Waals surface area (Å²) in [5.74, 6) is 1.04. The van der Waals surface area contributed by atoms with Gasteiger partial charge in [-0.3, -0.25) is 0 Å². The molecule has 4 rings (SSSR count). The number of hydrogen-bond acceptors (Lipinski definition) is 7. The van der Waals surface area contributed by atoms with Crippen molar-refractivity contribution in [3.05, 3.63) is 57.9 Å². The number of alkyl carbamates (subject to hydrolysis) is 1. The number of azo groups is 1. The van der Waals surface area contributed by atoms with Crippen molar-refractivity contribution < 1.29 is 9.53 Å². The second-order valence-electron chi connectivity index (χ2n) is 9.70. The van der Waals surface area contributed by atoms with Crippen LogP contribution < -0.4 is 10.2 Å². The molecule has 0 radical (unpaired) electrons. The molecule has 0 saturated carbocycles. The smallest absolute Gasteiger partial charge is 0.407 e. The first-order valence-corrected chi connectivity index (χ1v) is 12.9. The van der Waals surface area contributed by atoms with Crippen molar-refractivity contribution in [3.8, 4) is 0 Å². The van der Waals surface area contributed by atoms with Crippen molar-refractivity contribution in [2.24, 2.45) is 16.1 Å². The number of anilines is 1. The zero-order chi connectivity index (χ0) is 24.8. The standard InChI is InChI=1S/C26H31IN6O2/c1-26(2,3)35-25(34)29-16-18-10-13-33(14-11-18)22-6-4-5-19-7-8-21(31-24(19)22)17-30-32-23-15-20(27)9-12-28-23/h4-9,12,15,18H,10-11,13-14,16-17H2,1-3H3,(H,29,34). The molecule has 35 heavy (non-hydrogen) atoms. The summed E-state index contributed by atoms with van der Waals surface area (Å²) in [7, 11) is 0. The fourth-order valence-corrected chi connectivity index (χ4v) is 4.50. The molecule has 2 aromatic heterocycles. The Bertz CT molecular complexity index is 1200. The van der Waals surface area contributed by atoms with Crippen LogP contribution in [0.5, 0.6) is 0 Å². The minimum atomic E-state index is -0.480. The topological polar surface area (TPSA) is 92.1 Å². The van der Waals surface area contributed by atoms with Gasteiger partial charge in [-0.05, 0) is 86.4 Å². The fourth-order valence-electron chi connectivity index (χ4n) is 4.06. The fraction of sp³-hybridized carbons (Fsp3) is 0.423. The number of fused-ring (bicyclic) bond motifs is 1. The van der Waals surface area contributed by atoms with Gasteiger partial charge in [0.15, 0.2) is 5.82 Å². The van der Waals surface area contributed by atoms with Crippen molar-refractivity contribution in [2.75, 3.05) is 24.5 Å². The molecule has 0 atom stereocenters. The van der Waals surface area contributed by atoms with Gasteiger partial charge in [-0.15, -0.1) is 5.11 Å². The highest BCUT2D eigenvalue weighted by Crippen LogP contribution is 2.29. The summed E-state index contributed by atoms with van der Waals surface area (Å²) in [5, 5.41) is 12.6. The zero-order valence-electron chi connectivity index (χ0n) is 20.4. The molecule has 184 valence electrons. The van der Waals surface area contributed by atoms with Crippen LogP contribution in [0.4, 0.5) is 16.3 Å². The number of aromatic nitrogens is 2. The molecular weight excluding hydrogens is 555 g/mol. The third kappa shape index (κ3) is 7.33. The number of halogens is 1. The van der Waals surface area contributed by atoms with Crippen LogP contribution in [0.15, 0.2) is 58.9 Å². The summed E-state index contributed by atoms with van der Waals surface area (Å²) < 4.78 is 6.42. The van der Waals surface area contributed by atoms with Crippen LogP contribution in [0.1, 0.15) is 39.3 Å². The molecule has 1 aliphatic rings. The van der Waals surface area contributed by atoms with Gasteiger partial charge < -0.3 is 15.0 Å². The van der Waals surface area contributed by atoms with Gasteiger partial charge in [0, 0.05) is 34.8 Å². The van der Waals surface area contributed by atoms with E-state index in [-0.39, 0.29) is 6.09 Å². The molecule has 9 heteroatoms. The summed E-state index contributed by atoms with van der Waals surface area (Å²) >= 11 is 2.23. The largest absolute Gasteiger partial charge is 0.444 e. The molecule has 1 saturated heterocycles. The first-order valence-electron chi connectivity index (χ1n) is 11.9. The van der Waals surface area contributed by atoms with Crippen LogP contribution in [0.2, 0.25) is 0 Å². The average Bonchev–Trinajstić information content (AvgIpc) is 2.82. The Morgan fingerprint density at radius 2 is 2.00 bits per heavy atom. The van der Waals surface area contributed by atoms with Crippen molar-refractivity contribution in [2.45, 2.75) is 45.8 Å². The van der Waals surface area contributed by atoms with E-state index >= 15 is 0 Å². The number of piperidine rings is 1. The summed E-state index contributed by atoms with van der Waals surface area (Å²) in [6.07, 6.45) is 3.39. The number of hydrogen-bond donors (Lipinski definition) is 1. The van der Waals surface area contributed by atoms with Gasteiger partial charge in [0.2, 0.25) is 0 Å². The summed E-state index contributed by atoms with van der Waals surface area (Å²) in [6, 6.07) is 14.2. The molecule has 1 amide bonds. The molecular formula is C26H31IN6O2. The molecule has 1 fully saturated rings. The van der Waals surface area contributed by atoms with Crippen molar-refractivity contribution in [3.63, 3.8) is 0 Å². The van der Waals surface area contributed by atoms with E-state index in [0.717, 1.165) is 51.8 Å². The summed E-state index contributed by atoms with van der Waals surface area (Å²) in [4.78, 5) is 23.5. The molecule has 3 aromatic rings. The lowest BCUT2D eigenvalue weighted by Crippen LogP contribution is -2.40. The van der Waals surface area contributed by atoms with Crippen LogP contribution in [0.3, 0.4) is 0 Å². The Morgan fingerprint density at radius 1 is 1.20 bits per heavy atom. The van der Waals surface area contributed by atoms with E-state index in [2.05, 4.69) is 72.3 Å².